The van der Waals surface area contributed by atoms with Gasteiger partial charge in [0.05, 0.1) is 18.4 Å². The Morgan fingerprint density at radius 1 is 1.28 bits per heavy atom. The highest BCUT2D eigenvalue weighted by atomic mass is 32.2. The van der Waals surface area contributed by atoms with Crippen LogP contribution < -0.4 is 15.4 Å². The molecule has 0 fully saturated rings. The smallest absolute Gasteiger partial charge is 0.255 e. The molecule has 1 aromatic heterocycles. The molecule has 0 bridgehead atoms. The van der Waals surface area contributed by atoms with E-state index in [1.54, 1.807) is 43.0 Å². The van der Waals surface area contributed by atoms with Crippen molar-refractivity contribution in [3.8, 4) is 5.75 Å². The maximum atomic E-state index is 14.1. The second kappa shape index (κ2) is 9.44. The molecule has 2 heterocycles. The van der Waals surface area contributed by atoms with Crippen molar-refractivity contribution in [2.75, 3.05) is 23.5 Å². The van der Waals surface area contributed by atoms with Crippen molar-refractivity contribution in [3.63, 3.8) is 0 Å². The summed E-state index contributed by atoms with van der Waals surface area (Å²) >= 11 is 1.54. The standard InChI is InChI=1S/C23H24FN5O2S/c1-4-12-32-23-27-22-25-14(2)19(21(30)26-17-10-5-6-11-18(17)31-3)20(29(22)28-23)15-8-7-9-16(24)13-15/h5-11,13,20H,4,12H2,1-3H3,(H,26,30)(H,25,27,28). The van der Waals surface area contributed by atoms with E-state index in [0.717, 1.165) is 12.2 Å². The zero-order valence-corrected chi connectivity index (χ0v) is 18.9. The van der Waals surface area contributed by atoms with Gasteiger partial charge >= 0.3 is 0 Å². The first-order chi connectivity index (χ1) is 15.5. The fourth-order valence-electron chi connectivity index (χ4n) is 3.60. The van der Waals surface area contributed by atoms with E-state index >= 15 is 0 Å². The molecule has 166 valence electrons. The Kier molecular flexibility index (Phi) is 6.45. The zero-order chi connectivity index (χ0) is 22.7. The Bertz CT molecular complexity index is 1180. The van der Waals surface area contributed by atoms with E-state index < -0.39 is 6.04 Å². The molecule has 9 heteroatoms. The van der Waals surface area contributed by atoms with E-state index in [9.17, 15) is 9.18 Å². The lowest BCUT2D eigenvalue weighted by atomic mass is 9.95. The van der Waals surface area contributed by atoms with Crippen LogP contribution in [0.4, 0.5) is 16.0 Å². The van der Waals surface area contributed by atoms with E-state index in [2.05, 4.69) is 27.6 Å². The minimum Gasteiger partial charge on any atom is -0.495 e. The Labute approximate surface area is 190 Å². The average Bonchev–Trinajstić information content (AvgIpc) is 3.19. The van der Waals surface area contributed by atoms with Crippen LogP contribution in [-0.4, -0.2) is 33.5 Å². The molecule has 0 aliphatic carbocycles. The number of hydrogen-bond acceptors (Lipinski definition) is 6. The number of rotatable bonds is 7. The SMILES string of the molecule is CCCSc1nc2n(n1)C(c1cccc(F)c1)C(C(=O)Nc1ccccc1OC)=C(C)N2. The monoisotopic (exact) mass is 453 g/mol. The molecular formula is C23H24FN5O2S. The van der Waals surface area contributed by atoms with Gasteiger partial charge in [0.2, 0.25) is 11.1 Å². The normalized spacial score (nSPS) is 15.2. The number of carbonyl (C=O) groups is 1. The van der Waals surface area contributed by atoms with E-state index in [-0.39, 0.29) is 11.7 Å². The van der Waals surface area contributed by atoms with Crippen molar-refractivity contribution in [1.29, 1.82) is 0 Å². The molecule has 0 spiro atoms. The third kappa shape index (κ3) is 4.34. The second-order valence-electron chi connectivity index (χ2n) is 7.29. The molecule has 2 aromatic carbocycles. The van der Waals surface area contributed by atoms with Crippen LogP contribution in [0.2, 0.25) is 0 Å². The highest BCUT2D eigenvalue weighted by Gasteiger charge is 2.34. The first-order valence-electron chi connectivity index (χ1n) is 10.3. The number of para-hydroxylation sites is 2. The number of halogens is 1. The number of anilines is 2. The number of ether oxygens (including phenoxy) is 1. The van der Waals surface area contributed by atoms with Crippen molar-refractivity contribution in [2.45, 2.75) is 31.5 Å². The van der Waals surface area contributed by atoms with Gasteiger partial charge in [-0.3, -0.25) is 4.79 Å². The first kappa shape index (κ1) is 21.9. The van der Waals surface area contributed by atoms with E-state index in [1.807, 2.05) is 12.1 Å². The number of nitrogens with one attached hydrogen (secondary N) is 2. The summed E-state index contributed by atoms with van der Waals surface area (Å²) in [6, 6.07) is 12.7. The maximum Gasteiger partial charge on any atom is 0.255 e. The predicted octanol–water partition coefficient (Wildman–Crippen LogP) is 4.86. The van der Waals surface area contributed by atoms with E-state index in [1.165, 1.54) is 23.9 Å². The van der Waals surface area contributed by atoms with Crippen molar-refractivity contribution in [1.82, 2.24) is 14.8 Å². The van der Waals surface area contributed by atoms with Gasteiger partial charge in [-0.25, -0.2) is 9.07 Å². The molecule has 3 aromatic rings. The molecule has 4 rings (SSSR count). The molecule has 1 aliphatic rings. The zero-order valence-electron chi connectivity index (χ0n) is 18.1. The summed E-state index contributed by atoms with van der Waals surface area (Å²) in [5.74, 6) is 1.22. The molecular weight excluding hydrogens is 429 g/mol. The highest BCUT2D eigenvalue weighted by molar-refractivity contribution is 7.99. The summed E-state index contributed by atoms with van der Waals surface area (Å²) < 4.78 is 21.2. The Morgan fingerprint density at radius 3 is 2.84 bits per heavy atom. The number of hydrogen-bond donors (Lipinski definition) is 2. The van der Waals surface area contributed by atoms with Crippen LogP contribution in [0.25, 0.3) is 0 Å². The van der Waals surface area contributed by atoms with Crippen LogP contribution in [0.15, 0.2) is 65.0 Å². The Hall–Kier alpha value is -3.33. The number of benzene rings is 2. The number of carbonyl (C=O) groups excluding carboxylic acids is 1. The van der Waals surface area contributed by atoms with Crippen LogP contribution in [0.1, 0.15) is 31.9 Å². The summed E-state index contributed by atoms with van der Waals surface area (Å²) in [5.41, 5.74) is 2.20. The van der Waals surface area contributed by atoms with Crippen LogP contribution in [0, 0.1) is 5.82 Å². The van der Waals surface area contributed by atoms with Gasteiger partial charge in [-0.15, -0.1) is 5.10 Å². The Balaban J connectivity index is 1.77. The first-order valence-corrected chi connectivity index (χ1v) is 11.3. The fraction of sp³-hybridized carbons (Fsp3) is 0.261. The highest BCUT2D eigenvalue weighted by Crippen LogP contribution is 2.37. The van der Waals surface area contributed by atoms with Crippen LogP contribution in [-0.2, 0) is 4.79 Å². The summed E-state index contributed by atoms with van der Waals surface area (Å²) in [5, 5.41) is 11.3. The number of methoxy groups -OCH3 is 1. The molecule has 1 aliphatic heterocycles. The quantitative estimate of drug-likeness (QED) is 0.498. The minimum atomic E-state index is -0.639. The van der Waals surface area contributed by atoms with Gasteiger partial charge < -0.3 is 15.4 Å². The lowest BCUT2D eigenvalue weighted by Crippen LogP contribution is -2.31. The molecule has 0 saturated carbocycles. The van der Waals surface area contributed by atoms with Crippen molar-refractivity contribution in [3.05, 3.63) is 71.2 Å². The molecule has 32 heavy (non-hydrogen) atoms. The van der Waals surface area contributed by atoms with E-state index in [4.69, 9.17) is 4.74 Å². The molecule has 1 amide bonds. The van der Waals surface area contributed by atoms with Gasteiger partial charge in [0.25, 0.3) is 5.91 Å². The summed E-state index contributed by atoms with van der Waals surface area (Å²) in [6.45, 7) is 3.89. The predicted molar refractivity (Wildman–Crippen MR) is 124 cm³/mol. The summed E-state index contributed by atoms with van der Waals surface area (Å²) in [4.78, 5) is 18.0. The number of allylic oxidation sites excluding steroid dienone is 1. The molecule has 1 unspecified atom stereocenters. The molecule has 0 radical (unpaired) electrons. The van der Waals surface area contributed by atoms with Gasteiger partial charge in [-0.05, 0) is 43.2 Å². The Morgan fingerprint density at radius 2 is 2.09 bits per heavy atom. The van der Waals surface area contributed by atoms with Crippen LogP contribution >= 0.6 is 11.8 Å². The van der Waals surface area contributed by atoms with Gasteiger partial charge in [-0.1, -0.05) is 43.0 Å². The van der Waals surface area contributed by atoms with Crippen LogP contribution in [0.3, 0.4) is 0 Å². The third-order valence-electron chi connectivity index (χ3n) is 5.03. The van der Waals surface area contributed by atoms with Gasteiger partial charge in [-0.2, -0.15) is 4.98 Å². The van der Waals surface area contributed by atoms with Crippen LogP contribution in [0.5, 0.6) is 5.75 Å². The minimum absolute atomic E-state index is 0.335. The summed E-state index contributed by atoms with van der Waals surface area (Å²) in [6.07, 6.45) is 0.985. The molecule has 7 nitrogen and oxygen atoms in total. The molecule has 0 saturated heterocycles. The molecule has 1 atom stereocenters. The summed E-state index contributed by atoms with van der Waals surface area (Å²) in [7, 11) is 1.55. The third-order valence-corrected chi connectivity index (χ3v) is 6.08. The van der Waals surface area contributed by atoms with Crippen molar-refractivity contribution in [2.24, 2.45) is 0 Å². The molecule has 2 N–H and O–H groups in total. The number of thioether (sulfide) groups is 1. The number of fused-ring (bicyclic) bond motifs is 1. The van der Waals surface area contributed by atoms with Crippen molar-refractivity contribution >= 4 is 29.3 Å². The fourth-order valence-corrected chi connectivity index (χ4v) is 4.29. The number of aromatic nitrogens is 3. The lowest BCUT2D eigenvalue weighted by molar-refractivity contribution is -0.113. The maximum absolute atomic E-state index is 14.1. The number of amides is 1. The number of nitrogens with zero attached hydrogens (tertiary/aromatic N) is 3. The van der Waals surface area contributed by atoms with Gasteiger partial charge in [0, 0.05) is 11.4 Å². The van der Waals surface area contributed by atoms with Gasteiger partial charge in [0.1, 0.15) is 17.6 Å². The van der Waals surface area contributed by atoms with Crippen molar-refractivity contribution < 1.29 is 13.9 Å². The topological polar surface area (TPSA) is 81.1 Å². The average molecular weight is 454 g/mol. The van der Waals surface area contributed by atoms with E-state index in [0.29, 0.717) is 39.4 Å². The second-order valence-corrected chi connectivity index (χ2v) is 8.35. The largest absolute Gasteiger partial charge is 0.495 e. The van der Waals surface area contributed by atoms with Gasteiger partial charge in [0.15, 0.2) is 0 Å². The lowest BCUT2D eigenvalue weighted by Gasteiger charge is -2.28.